The standard InChI is InChI=1S/C25H32ClNO3S/c1-24(2,3)27-13-11-25(12-14-27)10-9-20-16-19(6-8-23(20)30-25)21-7-5-18(15-22(21)26)17-31(4,28)29/h5-8,15-16H,9-14,17H2,1-4H3. The van der Waals surface area contributed by atoms with E-state index in [2.05, 4.69) is 43.9 Å². The third-order valence-electron chi connectivity index (χ3n) is 6.63. The molecule has 0 aliphatic carbocycles. The molecule has 0 N–H and O–H groups in total. The van der Waals surface area contributed by atoms with E-state index in [-0.39, 0.29) is 16.9 Å². The van der Waals surface area contributed by atoms with Gasteiger partial charge in [-0.15, -0.1) is 0 Å². The fourth-order valence-electron chi connectivity index (χ4n) is 4.81. The van der Waals surface area contributed by atoms with Gasteiger partial charge in [0.25, 0.3) is 0 Å². The number of fused-ring (bicyclic) bond motifs is 1. The SMILES string of the molecule is CC(C)(C)N1CCC2(CCc3cc(-c4ccc(CS(C)(=O)=O)cc4Cl)ccc3O2)CC1. The first-order valence-corrected chi connectivity index (χ1v) is 13.4. The minimum absolute atomic E-state index is 0.000245. The molecule has 1 spiro atoms. The number of nitrogens with zero attached hydrogens (tertiary/aromatic N) is 1. The summed E-state index contributed by atoms with van der Waals surface area (Å²) in [7, 11) is -3.09. The lowest BCUT2D eigenvalue weighted by atomic mass is 9.81. The van der Waals surface area contributed by atoms with Crippen LogP contribution in [0.25, 0.3) is 11.1 Å². The zero-order valence-electron chi connectivity index (χ0n) is 18.9. The van der Waals surface area contributed by atoms with Gasteiger partial charge in [0, 0.05) is 35.5 Å². The van der Waals surface area contributed by atoms with Gasteiger partial charge in [-0.25, -0.2) is 8.42 Å². The van der Waals surface area contributed by atoms with Crippen molar-refractivity contribution in [1.29, 1.82) is 0 Å². The van der Waals surface area contributed by atoms with E-state index in [1.807, 2.05) is 12.1 Å². The molecule has 0 bridgehead atoms. The van der Waals surface area contributed by atoms with Crippen molar-refractivity contribution in [3.05, 3.63) is 52.5 Å². The molecule has 0 atom stereocenters. The Kier molecular flexibility index (Phi) is 5.91. The van der Waals surface area contributed by atoms with Crippen LogP contribution in [0.2, 0.25) is 5.02 Å². The number of hydrogen-bond donors (Lipinski definition) is 0. The molecular weight excluding hydrogens is 430 g/mol. The average Bonchev–Trinajstić information content (AvgIpc) is 2.66. The lowest BCUT2D eigenvalue weighted by molar-refractivity contribution is -0.0355. The summed E-state index contributed by atoms with van der Waals surface area (Å²) in [4.78, 5) is 2.55. The molecule has 1 saturated heterocycles. The number of likely N-dealkylation sites (tertiary alicyclic amines) is 1. The second-order valence-corrected chi connectivity index (χ2v) is 12.7. The molecule has 0 aromatic heterocycles. The van der Waals surface area contributed by atoms with Crippen molar-refractivity contribution in [3.63, 3.8) is 0 Å². The second kappa shape index (κ2) is 8.09. The van der Waals surface area contributed by atoms with Crippen LogP contribution in [-0.4, -0.2) is 43.8 Å². The largest absolute Gasteiger partial charge is 0.487 e. The summed E-state index contributed by atoms with van der Waals surface area (Å²) in [5.41, 5.74) is 4.05. The van der Waals surface area contributed by atoms with Crippen LogP contribution in [0.3, 0.4) is 0 Å². The molecular formula is C25H32ClNO3S. The summed E-state index contributed by atoms with van der Waals surface area (Å²) < 4.78 is 29.7. The lowest BCUT2D eigenvalue weighted by Crippen LogP contribution is -2.54. The summed E-state index contributed by atoms with van der Waals surface area (Å²) >= 11 is 6.51. The highest BCUT2D eigenvalue weighted by Crippen LogP contribution is 2.42. The number of rotatable bonds is 3. The molecule has 168 valence electrons. The van der Waals surface area contributed by atoms with Crippen molar-refractivity contribution in [2.24, 2.45) is 0 Å². The number of sulfone groups is 1. The number of piperidine rings is 1. The number of benzene rings is 2. The topological polar surface area (TPSA) is 46.6 Å². The summed E-state index contributed by atoms with van der Waals surface area (Å²) in [5, 5.41) is 0.573. The molecule has 2 heterocycles. The number of aryl methyl sites for hydroxylation is 1. The summed E-state index contributed by atoms with van der Waals surface area (Å²) in [6.07, 6.45) is 5.42. The predicted molar refractivity (Wildman–Crippen MR) is 128 cm³/mol. The van der Waals surface area contributed by atoms with Crippen molar-refractivity contribution in [2.75, 3.05) is 19.3 Å². The maximum absolute atomic E-state index is 11.6. The molecule has 0 unspecified atom stereocenters. The number of hydrogen-bond acceptors (Lipinski definition) is 4. The monoisotopic (exact) mass is 461 g/mol. The van der Waals surface area contributed by atoms with E-state index in [0.29, 0.717) is 10.6 Å². The fraction of sp³-hybridized carbons (Fsp3) is 0.520. The van der Waals surface area contributed by atoms with Crippen molar-refractivity contribution >= 4 is 21.4 Å². The Hall–Kier alpha value is -1.56. The summed E-state index contributed by atoms with van der Waals surface area (Å²) in [6, 6.07) is 11.8. The molecule has 6 heteroatoms. The van der Waals surface area contributed by atoms with E-state index in [9.17, 15) is 8.42 Å². The molecule has 2 aliphatic rings. The smallest absolute Gasteiger partial charge is 0.151 e. The van der Waals surface area contributed by atoms with Gasteiger partial charge in [0.15, 0.2) is 9.84 Å². The normalized spacial score (nSPS) is 19.1. The summed E-state index contributed by atoms with van der Waals surface area (Å²) in [5.74, 6) is 0.990. The zero-order valence-corrected chi connectivity index (χ0v) is 20.4. The van der Waals surface area contributed by atoms with E-state index >= 15 is 0 Å². The van der Waals surface area contributed by atoms with Crippen LogP contribution in [0.15, 0.2) is 36.4 Å². The minimum Gasteiger partial charge on any atom is -0.487 e. The molecule has 4 nitrogen and oxygen atoms in total. The second-order valence-electron chi connectivity index (χ2n) is 10.1. The third-order valence-corrected chi connectivity index (χ3v) is 7.80. The first-order valence-electron chi connectivity index (χ1n) is 11.0. The van der Waals surface area contributed by atoms with E-state index in [0.717, 1.165) is 55.6 Å². The first-order chi connectivity index (χ1) is 14.4. The molecule has 0 amide bonds. The maximum atomic E-state index is 11.6. The van der Waals surface area contributed by atoms with Gasteiger partial charge in [-0.1, -0.05) is 29.8 Å². The predicted octanol–water partition coefficient (Wildman–Crippen LogP) is 5.51. The Morgan fingerprint density at radius 2 is 1.77 bits per heavy atom. The third kappa shape index (κ3) is 5.10. The number of ether oxygens (including phenoxy) is 1. The van der Waals surface area contributed by atoms with Gasteiger partial charge >= 0.3 is 0 Å². The Bertz CT molecular complexity index is 1080. The van der Waals surface area contributed by atoms with Gasteiger partial charge in [-0.05, 0) is 81.3 Å². The lowest BCUT2D eigenvalue weighted by Gasteiger charge is -2.48. The van der Waals surface area contributed by atoms with Crippen molar-refractivity contribution in [1.82, 2.24) is 4.90 Å². The molecule has 31 heavy (non-hydrogen) atoms. The van der Waals surface area contributed by atoms with Crippen LogP contribution in [0.4, 0.5) is 0 Å². The highest BCUT2D eigenvalue weighted by atomic mass is 35.5. The Morgan fingerprint density at radius 1 is 1.06 bits per heavy atom. The van der Waals surface area contributed by atoms with Crippen LogP contribution in [0.5, 0.6) is 5.75 Å². The van der Waals surface area contributed by atoms with Crippen molar-refractivity contribution in [2.45, 2.75) is 63.3 Å². The van der Waals surface area contributed by atoms with Crippen LogP contribution in [0, 0.1) is 0 Å². The molecule has 2 aromatic rings. The van der Waals surface area contributed by atoms with Crippen LogP contribution in [-0.2, 0) is 22.0 Å². The average molecular weight is 462 g/mol. The Morgan fingerprint density at radius 3 is 2.39 bits per heavy atom. The molecule has 0 radical (unpaired) electrons. The van der Waals surface area contributed by atoms with Gasteiger partial charge in [0.1, 0.15) is 11.4 Å². The zero-order chi connectivity index (χ0) is 22.4. The van der Waals surface area contributed by atoms with Gasteiger partial charge in [-0.3, -0.25) is 4.90 Å². The van der Waals surface area contributed by atoms with Gasteiger partial charge in [-0.2, -0.15) is 0 Å². The van der Waals surface area contributed by atoms with E-state index in [1.54, 1.807) is 6.07 Å². The first kappa shape index (κ1) is 22.6. The molecule has 0 saturated carbocycles. The van der Waals surface area contributed by atoms with Crippen molar-refractivity contribution < 1.29 is 13.2 Å². The van der Waals surface area contributed by atoms with Gasteiger partial charge in [0.2, 0.25) is 0 Å². The quantitative estimate of drug-likeness (QED) is 0.604. The fourth-order valence-corrected chi connectivity index (χ4v) is 5.91. The Balaban J connectivity index is 1.51. The molecule has 2 aromatic carbocycles. The maximum Gasteiger partial charge on any atom is 0.151 e. The van der Waals surface area contributed by atoms with E-state index in [4.69, 9.17) is 16.3 Å². The summed E-state index contributed by atoms with van der Waals surface area (Å²) in [6.45, 7) is 8.99. The van der Waals surface area contributed by atoms with Gasteiger partial charge in [0.05, 0.1) is 5.75 Å². The van der Waals surface area contributed by atoms with E-state index < -0.39 is 9.84 Å². The van der Waals surface area contributed by atoms with Crippen LogP contribution in [0.1, 0.15) is 51.2 Å². The molecule has 2 aliphatic heterocycles. The minimum atomic E-state index is -3.09. The van der Waals surface area contributed by atoms with E-state index in [1.165, 1.54) is 11.8 Å². The Labute approximate surface area is 191 Å². The number of halogens is 1. The molecule has 1 fully saturated rings. The van der Waals surface area contributed by atoms with Crippen LogP contribution < -0.4 is 4.74 Å². The highest BCUT2D eigenvalue weighted by Gasteiger charge is 2.41. The highest BCUT2D eigenvalue weighted by molar-refractivity contribution is 7.89. The van der Waals surface area contributed by atoms with Crippen molar-refractivity contribution in [3.8, 4) is 16.9 Å². The van der Waals surface area contributed by atoms with Crippen LogP contribution >= 0.6 is 11.6 Å². The van der Waals surface area contributed by atoms with Gasteiger partial charge < -0.3 is 4.74 Å². The molecule has 4 rings (SSSR count).